The summed E-state index contributed by atoms with van der Waals surface area (Å²) < 4.78 is 0. The average Bonchev–Trinajstić information content (AvgIpc) is 2.45. The summed E-state index contributed by atoms with van der Waals surface area (Å²) in [6.45, 7) is 5.00. The zero-order valence-electron chi connectivity index (χ0n) is 11.2. The second kappa shape index (κ2) is 6.12. The van der Waals surface area contributed by atoms with Crippen molar-refractivity contribution in [2.75, 3.05) is 0 Å². The first-order chi connectivity index (χ1) is 9.20. The SMILES string of the molecule is Cc1ccccc1[C@@H](C)NCc1ccnc(C#N)c1. The summed E-state index contributed by atoms with van der Waals surface area (Å²) in [5, 5.41) is 12.3. The second-order valence-electron chi connectivity index (χ2n) is 4.62. The van der Waals surface area contributed by atoms with Crippen LogP contribution in [0.4, 0.5) is 0 Å². The van der Waals surface area contributed by atoms with Gasteiger partial charge in [-0.3, -0.25) is 0 Å². The van der Waals surface area contributed by atoms with Crippen LogP contribution in [0.1, 0.15) is 35.3 Å². The van der Waals surface area contributed by atoms with Crippen molar-refractivity contribution >= 4 is 0 Å². The zero-order chi connectivity index (χ0) is 13.7. The van der Waals surface area contributed by atoms with E-state index in [2.05, 4.69) is 48.4 Å². The van der Waals surface area contributed by atoms with Crippen molar-refractivity contribution in [1.29, 1.82) is 5.26 Å². The molecular formula is C16H17N3. The van der Waals surface area contributed by atoms with Crippen molar-refractivity contribution in [2.45, 2.75) is 26.4 Å². The second-order valence-corrected chi connectivity index (χ2v) is 4.62. The Labute approximate surface area is 113 Å². The predicted octanol–water partition coefficient (Wildman–Crippen LogP) is 3.11. The van der Waals surface area contributed by atoms with Gasteiger partial charge in [-0.1, -0.05) is 24.3 Å². The van der Waals surface area contributed by atoms with Crippen LogP contribution in [0.25, 0.3) is 0 Å². The summed E-state index contributed by atoms with van der Waals surface area (Å²) >= 11 is 0. The van der Waals surface area contributed by atoms with Crippen LogP contribution < -0.4 is 5.32 Å². The molecule has 3 nitrogen and oxygen atoms in total. The molecule has 0 unspecified atom stereocenters. The molecule has 0 spiro atoms. The maximum atomic E-state index is 8.82. The molecular weight excluding hydrogens is 234 g/mol. The minimum Gasteiger partial charge on any atom is -0.306 e. The van der Waals surface area contributed by atoms with Gasteiger partial charge in [-0.25, -0.2) is 4.98 Å². The van der Waals surface area contributed by atoms with Gasteiger partial charge in [0.05, 0.1) is 0 Å². The van der Waals surface area contributed by atoms with E-state index in [9.17, 15) is 0 Å². The maximum Gasteiger partial charge on any atom is 0.140 e. The quantitative estimate of drug-likeness (QED) is 0.908. The fourth-order valence-corrected chi connectivity index (χ4v) is 2.10. The molecule has 0 fully saturated rings. The highest BCUT2D eigenvalue weighted by atomic mass is 14.9. The van der Waals surface area contributed by atoms with Crippen LogP contribution in [0.3, 0.4) is 0 Å². The molecule has 1 atom stereocenters. The minimum absolute atomic E-state index is 0.278. The van der Waals surface area contributed by atoms with Gasteiger partial charge in [0.1, 0.15) is 11.8 Å². The van der Waals surface area contributed by atoms with E-state index in [0.717, 1.165) is 12.1 Å². The molecule has 0 amide bonds. The van der Waals surface area contributed by atoms with Crippen LogP contribution in [0.2, 0.25) is 0 Å². The van der Waals surface area contributed by atoms with Gasteiger partial charge in [0.25, 0.3) is 0 Å². The van der Waals surface area contributed by atoms with E-state index in [1.807, 2.05) is 18.2 Å². The summed E-state index contributed by atoms with van der Waals surface area (Å²) in [7, 11) is 0. The molecule has 2 aromatic rings. The molecule has 0 aliphatic carbocycles. The molecule has 0 aliphatic rings. The van der Waals surface area contributed by atoms with Crippen LogP contribution in [-0.4, -0.2) is 4.98 Å². The molecule has 1 heterocycles. The first kappa shape index (κ1) is 13.3. The van der Waals surface area contributed by atoms with Gasteiger partial charge >= 0.3 is 0 Å². The molecule has 96 valence electrons. The molecule has 1 aromatic heterocycles. The van der Waals surface area contributed by atoms with Crippen LogP contribution in [0.5, 0.6) is 0 Å². The van der Waals surface area contributed by atoms with E-state index < -0.39 is 0 Å². The number of hydrogen-bond donors (Lipinski definition) is 1. The Hall–Kier alpha value is -2.18. The zero-order valence-corrected chi connectivity index (χ0v) is 11.2. The smallest absolute Gasteiger partial charge is 0.140 e. The van der Waals surface area contributed by atoms with E-state index in [-0.39, 0.29) is 6.04 Å². The Kier molecular flexibility index (Phi) is 4.27. The normalized spacial score (nSPS) is 11.8. The first-order valence-electron chi connectivity index (χ1n) is 6.34. The average molecular weight is 251 g/mol. The van der Waals surface area contributed by atoms with Gasteiger partial charge in [0, 0.05) is 18.8 Å². The Morgan fingerprint density at radius 2 is 2.11 bits per heavy atom. The van der Waals surface area contributed by atoms with Crippen LogP contribution in [0.15, 0.2) is 42.6 Å². The molecule has 0 saturated heterocycles. The highest BCUT2D eigenvalue weighted by molar-refractivity contribution is 5.29. The van der Waals surface area contributed by atoms with Gasteiger partial charge in [-0.05, 0) is 42.7 Å². The summed E-state index contributed by atoms with van der Waals surface area (Å²) in [5.74, 6) is 0. The molecule has 1 aromatic carbocycles. The number of nitrogens with zero attached hydrogens (tertiary/aromatic N) is 2. The Bertz CT molecular complexity index is 599. The lowest BCUT2D eigenvalue weighted by atomic mass is 10.0. The van der Waals surface area contributed by atoms with E-state index >= 15 is 0 Å². The summed E-state index contributed by atoms with van der Waals surface area (Å²) in [4.78, 5) is 3.97. The third-order valence-corrected chi connectivity index (χ3v) is 3.21. The van der Waals surface area contributed by atoms with Crippen molar-refractivity contribution in [3.05, 3.63) is 65.0 Å². The highest BCUT2D eigenvalue weighted by Gasteiger charge is 2.07. The monoisotopic (exact) mass is 251 g/mol. The molecule has 1 N–H and O–H groups in total. The van der Waals surface area contributed by atoms with Gasteiger partial charge < -0.3 is 5.32 Å². The molecule has 0 radical (unpaired) electrons. The lowest BCUT2D eigenvalue weighted by Crippen LogP contribution is -2.19. The number of aryl methyl sites for hydroxylation is 1. The minimum atomic E-state index is 0.278. The fourth-order valence-electron chi connectivity index (χ4n) is 2.10. The van der Waals surface area contributed by atoms with Gasteiger partial charge in [0.2, 0.25) is 0 Å². The van der Waals surface area contributed by atoms with E-state index in [1.165, 1.54) is 11.1 Å². The lowest BCUT2D eigenvalue weighted by molar-refractivity contribution is 0.572. The number of pyridine rings is 1. The molecule has 0 saturated carbocycles. The largest absolute Gasteiger partial charge is 0.306 e. The van der Waals surface area contributed by atoms with Crippen LogP contribution in [0, 0.1) is 18.3 Å². The molecule has 0 bridgehead atoms. The van der Waals surface area contributed by atoms with Crippen molar-refractivity contribution in [3.63, 3.8) is 0 Å². The molecule has 3 heteroatoms. The number of aromatic nitrogens is 1. The van der Waals surface area contributed by atoms with E-state index in [4.69, 9.17) is 5.26 Å². The van der Waals surface area contributed by atoms with E-state index in [0.29, 0.717) is 5.69 Å². The Balaban J connectivity index is 2.03. The summed E-state index contributed by atoms with van der Waals surface area (Å²) in [6.07, 6.45) is 1.67. The number of benzene rings is 1. The number of rotatable bonds is 4. The Morgan fingerprint density at radius 1 is 1.32 bits per heavy atom. The maximum absolute atomic E-state index is 8.82. The van der Waals surface area contributed by atoms with Crippen molar-refractivity contribution in [3.8, 4) is 6.07 Å². The summed E-state index contributed by atoms with van der Waals surface area (Å²) in [6, 6.07) is 14.4. The van der Waals surface area contributed by atoms with Crippen molar-refractivity contribution in [1.82, 2.24) is 10.3 Å². The molecule has 2 rings (SSSR count). The molecule has 0 aliphatic heterocycles. The van der Waals surface area contributed by atoms with E-state index in [1.54, 1.807) is 6.20 Å². The summed E-state index contributed by atoms with van der Waals surface area (Å²) in [5.41, 5.74) is 4.13. The number of nitrogens with one attached hydrogen (secondary N) is 1. The third kappa shape index (κ3) is 3.40. The standard InChI is InChI=1S/C16H17N3/c1-12-5-3-4-6-16(12)13(2)19-11-14-7-8-18-15(9-14)10-17/h3-9,13,19H,11H2,1-2H3/t13-/m1/s1. The Morgan fingerprint density at radius 3 is 2.84 bits per heavy atom. The van der Waals surface area contributed by atoms with Crippen molar-refractivity contribution < 1.29 is 0 Å². The lowest BCUT2D eigenvalue weighted by Gasteiger charge is -2.16. The number of nitriles is 1. The van der Waals surface area contributed by atoms with Gasteiger partial charge in [-0.2, -0.15) is 5.26 Å². The van der Waals surface area contributed by atoms with Gasteiger partial charge in [0.15, 0.2) is 0 Å². The third-order valence-electron chi connectivity index (χ3n) is 3.21. The fraction of sp³-hybridized carbons (Fsp3) is 0.250. The predicted molar refractivity (Wildman–Crippen MR) is 75.4 cm³/mol. The number of hydrogen-bond acceptors (Lipinski definition) is 3. The van der Waals surface area contributed by atoms with Crippen LogP contribution >= 0.6 is 0 Å². The van der Waals surface area contributed by atoms with Crippen LogP contribution in [-0.2, 0) is 6.54 Å². The molecule has 19 heavy (non-hydrogen) atoms. The highest BCUT2D eigenvalue weighted by Crippen LogP contribution is 2.17. The van der Waals surface area contributed by atoms with Crippen molar-refractivity contribution in [2.24, 2.45) is 0 Å². The topological polar surface area (TPSA) is 48.7 Å². The van der Waals surface area contributed by atoms with Gasteiger partial charge in [-0.15, -0.1) is 0 Å². The first-order valence-corrected chi connectivity index (χ1v) is 6.34.